The van der Waals surface area contributed by atoms with Crippen LogP contribution in [0.1, 0.15) is 59.1 Å². The largest absolute Gasteiger partial charge is 0.481 e. The van der Waals surface area contributed by atoms with Crippen LogP contribution in [-0.2, 0) is 26.3 Å². The van der Waals surface area contributed by atoms with Crippen LogP contribution in [0.4, 0.5) is 0 Å². The summed E-state index contributed by atoms with van der Waals surface area (Å²) in [5, 5.41) is 0. The Morgan fingerprint density at radius 1 is 0.583 bits per heavy atom. The van der Waals surface area contributed by atoms with Crippen LogP contribution in [0.5, 0.6) is 23.5 Å². The molecular formula is C38H44Br2N4O4. The van der Waals surface area contributed by atoms with E-state index in [0.717, 1.165) is 92.7 Å². The van der Waals surface area contributed by atoms with Gasteiger partial charge >= 0.3 is 0 Å². The molecule has 4 aromatic rings. The number of methoxy groups -OCH3 is 2. The normalized spacial score (nSPS) is 15.2. The fraction of sp³-hybridized carbons (Fsp3) is 0.421. The molecule has 0 saturated carbocycles. The summed E-state index contributed by atoms with van der Waals surface area (Å²) in [5.41, 5.74) is 8.96. The number of benzene rings is 2. The third-order valence-corrected chi connectivity index (χ3v) is 10.6. The van der Waals surface area contributed by atoms with Gasteiger partial charge < -0.3 is 18.9 Å². The number of aromatic nitrogens is 2. The van der Waals surface area contributed by atoms with E-state index in [1.807, 2.05) is 0 Å². The Morgan fingerprint density at radius 3 is 1.35 bits per heavy atom. The molecule has 48 heavy (non-hydrogen) atoms. The Balaban J connectivity index is 1.16. The fourth-order valence-electron chi connectivity index (χ4n) is 6.69. The zero-order valence-electron chi connectivity index (χ0n) is 28.3. The van der Waals surface area contributed by atoms with Crippen LogP contribution < -0.4 is 18.9 Å². The minimum Gasteiger partial charge on any atom is -0.481 e. The maximum atomic E-state index is 6.28. The number of ether oxygens (including phenoxy) is 4. The van der Waals surface area contributed by atoms with Gasteiger partial charge in [-0.1, -0.05) is 36.4 Å². The Bertz CT molecular complexity index is 1610. The molecule has 2 fully saturated rings. The minimum absolute atomic E-state index is 0.386. The van der Waals surface area contributed by atoms with Crippen molar-refractivity contribution in [3.8, 4) is 34.6 Å². The Labute approximate surface area is 301 Å². The SMILES string of the molecule is COc1nc(OCc2cccc(-c3cccc(COc4nc(OC)c(CN5CCCC5)cc4Br)c3C)c2C)c(Br)cc1CN1CCCC1. The minimum atomic E-state index is 0.386. The van der Waals surface area contributed by atoms with Crippen molar-refractivity contribution in [1.29, 1.82) is 0 Å². The van der Waals surface area contributed by atoms with E-state index >= 15 is 0 Å². The zero-order chi connectivity index (χ0) is 33.6. The molecular weight excluding hydrogens is 736 g/mol. The summed E-state index contributed by atoms with van der Waals surface area (Å²) < 4.78 is 25.5. The maximum absolute atomic E-state index is 6.28. The van der Waals surface area contributed by atoms with Crippen LogP contribution in [0.25, 0.3) is 11.1 Å². The average Bonchev–Trinajstić information content (AvgIpc) is 3.80. The molecule has 0 spiro atoms. The first-order chi connectivity index (χ1) is 23.3. The van der Waals surface area contributed by atoms with Crippen molar-refractivity contribution in [2.75, 3.05) is 40.4 Å². The van der Waals surface area contributed by atoms with Crippen LogP contribution in [-0.4, -0.2) is 60.2 Å². The number of hydrogen-bond acceptors (Lipinski definition) is 8. The van der Waals surface area contributed by atoms with Gasteiger partial charge in [-0.2, -0.15) is 9.97 Å². The summed E-state index contributed by atoms with van der Waals surface area (Å²) in [6.07, 6.45) is 4.97. The van der Waals surface area contributed by atoms with E-state index in [9.17, 15) is 0 Å². The quantitative estimate of drug-likeness (QED) is 0.134. The smallest absolute Gasteiger partial charge is 0.231 e. The third-order valence-electron chi connectivity index (χ3n) is 9.45. The first kappa shape index (κ1) is 34.7. The lowest BCUT2D eigenvalue weighted by Gasteiger charge is -2.19. The molecule has 2 aliphatic rings. The molecule has 254 valence electrons. The molecule has 2 aromatic carbocycles. The third kappa shape index (κ3) is 7.99. The Hall–Kier alpha value is -3.18. The lowest BCUT2D eigenvalue weighted by Crippen LogP contribution is -2.19. The second-order valence-corrected chi connectivity index (χ2v) is 14.3. The highest BCUT2D eigenvalue weighted by molar-refractivity contribution is 9.10. The molecule has 8 nitrogen and oxygen atoms in total. The Kier molecular flexibility index (Phi) is 11.6. The highest BCUT2D eigenvalue weighted by atomic mass is 79.9. The van der Waals surface area contributed by atoms with Crippen molar-refractivity contribution in [2.24, 2.45) is 0 Å². The monoisotopic (exact) mass is 778 g/mol. The maximum Gasteiger partial charge on any atom is 0.231 e. The number of likely N-dealkylation sites (tertiary alicyclic amines) is 2. The summed E-state index contributed by atoms with van der Waals surface area (Å²) in [4.78, 5) is 14.3. The van der Waals surface area contributed by atoms with Crippen LogP contribution in [0.15, 0.2) is 57.5 Å². The van der Waals surface area contributed by atoms with E-state index < -0.39 is 0 Å². The standard InChI is InChI=1S/C38H44Br2N4O4/c1-25-27(23-47-37-33(39)19-29(35(41-37)45-3)21-43-15-5-6-16-43)11-9-13-31(25)32-14-10-12-28(26(32)2)24-48-38-34(40)20-30(36(42-38)46-4)22-44-17-7-8-18-44/h9-14,19-20H,5-8,15-18,21-24H2,1-4H3. The first-order valence-electron chi connectivity index (χ1n) is 16.7. The van der Waals surface area contributed by atoms with Gasteiger partial charge in [0.15, 0.2) is 0 Å². The van der Waals surface area contributed by atoms with E-state index in [-0.39, 0.29) is 0 Å². The van der Waals surface area contributed by atoms with Gasteiger partial charge in [-0.3, -0.25) is 9.80 Å². The van der Waals surface area contributed by atoms with Gasteiger partial charge in [0.25, 0.3) is 0 Å². The number of pyridine rings is 2. The van der Waals surface area contributed by atoms with Gasteiger partial charge in [0.05, 0.1) is 23.2 Å². The van der Waals surface area contributed by atoms with Crippen molar-refractivity contribution in [3.63, 3.8) is 0 Å². The molecule has 0 amide bonds. The molecule has 2 aromatic heterocycles. The van der Waals surface area contributed by atoms with Gasteiger partial charge in [-0.25, -0.2) is 0 Å². The topological polar surface area (TPSA) is 69.2 Å². The molecule has 0 aliphatic carbocycles. The van der Waals surface area contributed by atoms with Crippen molar-refractivity contribution < 1.29 is 18.9 Å². The summed E-state index contributed by atoms with van der Waals surface area (Å²) >= 11 is 7.39. The van der Waals surface area contributed by atoms with Crippen molar-refractivity contribution in [3.05, 3.63) is 90.9 Å². The van der Waals surface area contributed by atoms with Gasteiger partial charge in [0.1, 0.15) is 13.2 Å². The van der Waals surface area contributed by atoms with Crippen molar-refractivity contribution in [1.82, 2.24) is 19.8 Å². The number of rotatable bonds is 13. The van der Waals surface area contributed by atoms with Crippen LogP contribution in [0, 0.1) is 13.8 Å². The second-order valence-electron chi connectivity index (χ2n) is 12.6. The van der Waals surface area contributed by atoms with E-state index in [4.69, 9.17) is 28.9 Å². The van der Waals surface area contributed by atoms with Crippen LogP contribution in [0.2, 0.25) is 0 Å². The van der Waals surface area contributed by atoms with Gasteiger partial charge in [-0.05, 0) is 143 Å². The highest BCUT2D eigenvalue weighted by Crippen LogP contribution is 2.35. The summed E-state index contributed by atoms with van der Waals surface area (Å²) in [7, 11) is 3.33. The van der Waals surface area contributed by atoms with Crippen LogP contribution >= 0.6 is 31.9 Å². The van der Waals surface area contributed by atoms with Crippen molar-refractivity contribution in [2.45, 2.75) is 65.8 Å². The molecule has 2 saturated heterocycles. The molecule has 0 unspecified atom stereocenters. The van der Waals surface area contributed by atoms with Crippen LogP contribution in [0.3, 0.4) is 0 Å². The molecule has 4 heterocycles. The predicted octanol–water partition coefficient (Wildman–Crippen LogP) is 8.65. The molecule has 0 radical (unpaired) electrons. The van der Waals surface area contributed by atoms with E-state index in [1.165, 1.54) is 25.7 Å². The summed E-state index contributed by atoms with van der Waals surface area (Å²) in [6.45, 7) is 11.2. The summed E-state index contributed by atoms with van der Waals surface area (Å²) in [5.74, 6) is 2.27. The number of nitrogens with zero attached hydrogens (tertiary/aromatic N) is 4. The first-order valence-corrected chi connectivity index (χ1v) is 18.3. The molecule has 10 heteroatoms. The second kappa shape index (κ2) is 16.0. The summed E-state index contributed by atoms with van der Waals surface area (Å²) in [6, 6.07) is 16.9. The molecule has 2 aliphatic heterocycles. The lowest BCUT2D eigenvalue weighted by atomic mass is 9.92. The van der Waals surface area contributed by atoms with E-state index in [1.54, 1.807) is 14.2 Å². The fourth-order valence-corrected chi connectivity index (χ4v) is 7.65. The molecule has 0 N–H and O–H groups in total. The molecule has 6 rings (SSSR count). The van der Waals surface area contributed by atoms with Gasteiger partial charge in [0, 0.05) is 24.2 Å². The van der Waals surface area contributed by atoms with Gasteiger partial charge in [0.2, 0.25) is 23.5 Å². The van der Waals surface area contributed by atoms with E-state index in [2.05, 4.69) is 104 Å². The average molecular weight is 781 g/mol. The lowest BCUT2D eigenvalue weighted by molar-refractivity contribution is 0.279. The molecule has 0 bridgehead atoms. The number of halogens is 2. The highest BCUT2D eigenvalue weighted by Gasteiger charge is 2.20. The predicted molar refractivity (Wildman–Crippen MR) is 196 cm³/mol. The van der Waals surface area contributed by atoms with Crippen molar-refractivity contribution >= 4 is 31.9 Å². The zero-order valence-corrected chi connectivity index (χ0v) is 31.5. The van der Waals surface area contributed by atoms with E-state index in [0.29, 0.717) is 36.7 Å². The number of hydrogen-bond donors (Lipinski definition) is 0. The molecule has 0 atom stereocenters. The Morgan fingerprint density at radius 2 is 0.979 bits per heavy atom. The van der Waals surface area contributed by atoms with Gasteiger partial charge in [-0.15, -0.1) is 0 Å².